The van der Waals surface area contributed by atoms with E-state index in [1.807, 2.05) is 41.3 Å². The molecule has 0 amide bonds. The highest BCUT2D eigenvalue weighted by atomic mass is 31.0. The maximum atomic E-state index is 8.04. The zero-order chi connectivity index (χ0) is 20.5. The van der Waals surface area contributed by atoms with Gasteiger partial charge in [-0.1, -0.05) is 94.8 Å². The summed E-state index contributed by atoms with van der Waals surface area (Å²) in [5.74, 6) is 1.12. The third-order valence-corrected chi connectivity index (χ3v) is 4.57. The van der Waals surface area contributed by atoms with Crippen LogP contribution in [0.1, 0.15) is 51.2 Å². The first-order valence-corrected chi connectivity index (χ1v) is 10.2. The van der Waals surface area contributed by atoms with Gasteiger partial charge in [-0.25, -0.2) is 4.76 Å². The molecular weight excluding hydrogens is 361 g/mol. The number of fused-ring (bicyclic) bond motifs is 1. The van der Waals surface area contributed by atoms with Crippen LogP contribution in [-0.4, -0.2) is 12.2 Å². The van der Waals surface area contributed by atoms with Crippen molar-refractivity contribution in [2.45, 2.75) is 40.0 Å². The van der Waals surface area contributed by atoms with E-state index in [2.05, 4.69) is 72.2 Å². The van der Waals surface area contributed by atoms with E-state index in [0.29, 0.717) is 5.92 Å². The summed E-state index contributed by atoms with van der Waals surface area (Å²) < 4.78 is 4.46. The summed E-state index contributed by atoms with van der Waals surface area (Å²) in [5.41, 5.74) is 3.22. The lowest BCUT2D eigenvalue weighted by Gasteiger charge is -2.25. The molecule has 3 aromatic carbocycles. The van der Waals surface area contributed by atoms with Gasteiger partial charge in [0.2, 0.25) is 0 Å². The van der Waals surface area contributed by atoms with Crippen molar-refractivity contribution in [3.05, 3.63) is 77.9 Å². The summed E-state index contributed by atoms with van der Waals surface area (Å²) in [7, 11) is 2.45. The molecule has 0 aliphatic carbocycles. The van der Waals surface area contributed by atoms with Gasteiger partial charge >= 0.3 is 0 Å². The van der Waals surface area contributed by atoms with Crippen molar-refractivity contribution in [3.63, 3.8) is 0 Å². The molecule has 1 unspecified atom stereocenters. The molecule has 0 fully saturated rings. The van der Waals surface area contributed by atoms with Crippen molar-refractivity contribution in [2.75, 3.05) is 4.90 Å². The molecule has 4 heteroatoms. The van der Waals surface area contributed by atoms with Crippen molar-refractivity contribution in [3.8, 4) is 0 Å². The van der Waals surface area contributed by atoms with E-state index in [0.717, 1.165) is 27.9 Å². The first-order chi connectivity index (χ1) is 13.6. The van der Waals surface area contributed by atoms with Gasteiger partial charge in [-0.2, -0.15) is 0 Å². The summed E-state index contributed by atoms with van der Waals surface area (Å²) in [6, 6.07) is 22.6. The summed E-state index contributed by atoms with van der Waals surface area (Å²) >= 11 is 0. The Bertz CT molecular complexity index is 942. The monoisotopic (exact) mass is 391 g/mol. The summed E-state index contributed by atoms with van der Waals surface area (Å²) in [4.78, 5) is 1.84. The second kappa shape index (κ2) is 10.7. The Labute approximate surface area is 171 Å². The van der Waals surface area contributed by atoms with Crippen molar-refractivity contribution in [1.29, 1.82) is 5.41 Å². The van der Waals surface area contributed by atoms with E-state index >= 15 is 0 Å². The van der Waals surface area contributed by atoms with Crippen molar-refractivity contribution in [1.82, 2.24) is 0 Å². The third kappa shape index (κ3) is 4.85. The molecule has 0 aliphatic rings. The van der Waals surface area contributed by atoms with Crippen LogP contribution in [0.25, 0.3) is 10.8 Å². The number of amidine groups is 1. The molecule has 28 heavy (non-hydrogen) atoms. The van der Waals surface area contributed by atoms with Crippen LogP contribution < -0.4 is 4.90 Å². The van der Waals surface area contributed by atoms with Crippen LogP contribution in [-0.2, 0) is 0 Å². The highest BCUT2D eigenvalue weighted by Gasteiger charge is 2.19. The Morgan fingerprint density at radius 2 is 1.61 bits per heavy atom. The topological polar surface area (TPSA) is 39.5 Å². The summed E-state index contributed by atoms with van der Waals surface area (Å²) in [6.45, 7) is 8.60. The van der Waals surface area contributed by atoms with Crippen molar-refractivity contribution < 1.29 is 0 Å². The van der Waals surface area contributed by atoms with Crippen LogP contribution in [0.4, 0.5) is 5.69 Å². The SMILES string of the molecule is CC(C)c1ccccc1/C(=N\P)N(C=N)c1cccc2ccccc12.CCC. The highest BCUT2D eigenvalue weighted by molar-refractivity contribution is 7.15. The first kappa shape index (κ1) is 21.8. The predicted octanol–water partition coefficient (Wildman–Crippen LogP) is 7.03. The average molecular weight is 391 g/mol. The minimum absolute atomic E-state index is 0.373. The fourth-order valence-electron chi connectivity index (χ4n) is 3.13. The van der Waals surface area contributed by atoms with Gasteiger partial charge in [-0.3, -0.25) is 10.3 Å². The smallest absolute Gasteiger partial charge is 0.144 e. The van der Waals surface area contributed by atoms with Gasteiger partial charge in [-0.05, 0) is 32.3 Å². The second-order valence-corrected chi connectivity index (χ2v) is 7.16. The maximum Gasteiger partial charge on any atom is 0.144 e. The Morgan fingerprint density at radius 1 is 1.00 bits per heavy atom. The average Bonchev–Trinajstić information content (AvgIpc) is 2.72. The van der Waals surface area contributed by atoms with E-state index in [1.165, 1.54) is 18.3 Å². The van der Waals surface area contributed by atoms with Gasteiger partial charge in [-0.15, -0.1) is 0 Å². The third-order valence-electron chi connectivity index (χ3n) is 4.33. The van der Waals surface area contributed by atoms with Crippen LogP contribution in [0.5, 0.6) is 0 Å². The van der Waals surface area contributed by atoms with E-state index in [1.54, 1.807) is 0 Å². The lowest BCUT2D eigenvalue weighted by Crippen LogP contribution is -2.30. The molecule has 146 valence electrons. The van der Waals surface area contributed by atoms with Crippen LogP contribution in [0, 0.1) is 5.41 Å². The largest absolute Gasteiger partial charge is 0.291 e. The van der Waals surface area contributed by atoms with Crippen molar-refractivity contribution >= 4 is 38.0 Å². The molecule has 1 atom stereocenters. The van der Waals surface area contributed by atoms with E-state index in [4.69, 9.17) is 5.41 Å². The molecule has 0 saturated heterocycles. The number of benzene rings is 3. The minimum atomic E-state index is 0.373. The van der Waals surface area contributed by atoms with E-state index in [9.17, 15) is 0 Å². The molecule has 1 N–H and O–H groups in total. The van der Waals surface area contributed by atoms with Crippen LogP contribution >= 0.6 is 9.39 Å². The Morgan fingerprint density at radius 3 is 2.25 bits per heavy atom. The lowest BCUT2D eigenvalue weighted by molar-refractivity contribution is 0.863. The van der Waals surface area contributed by atoms with Crippen LogP contribution in [0.3, 0.4) is 0 Å². The zero-order valence-corrected chi connectivity index (χ0v) is 18.3. The molecule has 3 nitrogen and oxygen atoms in total. The number of anilines is 1. The fourth-order valence-corrected chi connectivity index (χ4v) is 3.39. The molecule has 0 radical (unpaired) electrons. The Hall–Kier alpha value is -2.51. The molecule has 0 bridgehead atoms. The lowest BCUT2D eigenvalue weighted by atomic mass is 9.96. The van der Waals surface area contributed by atoms with Gasteiger partial charge < -0.3 is 0 Å². The summed E-state index contributed by atoms with van der Waals surface area (Å²) in [6.07, 6.45) is 2.59. The fraction of sp³-hybridized carbons (Fsp3) is 0.250. The Kier molecular flexibility index (Phi) is 8.35. The number of rotatable bonds is 4. The van der Waals surface area contributed by atoms with Crippen molar-refractivity contribution in [2.24, 2.45) is 4.76 Å². The number of hydrogen-bond acceptors (Lipinski definition) is 2. The number of hydrogen-bond donors (Lipinski definition) is 1. The van der Waals surface area contributed by atoms with Crippen LogP contribution in [0.15, 0.2) is 71.5 Å². The van der Waals surface area contributed by atoms with Gasteiger partial charge in [0.25, 0.3) is 0 Å². The molecule has 3 rings (SSSR count). The predicted molar refractivity (Wildman–Crippen MR) is 128 cm³/mol. The number of nitrogens with zero attached hydrogens (tertiary/aromatic N) is 2. The second-order valence-electron chi connectivity index (χ2n) is 6.90. The quantitative estimate of drug-likeness (QED) is 0.289. The van der Waals surface area contributed by atoms with Crippen LogP contribution in [0.2, 0.25) is 0 Å². The van der Waals surface area contributed by atoms with E-state index in [-0.39, 0.29) is 0 Å². The standard InChI is InChI=1S/C21H22N3P.C3H8/c1-15(2)17-10-5-6-12-19(17)21(23-25)24(14-22)20-13-7-9-16-8-3-4-11-18(16)20;1-3-2/h3-15,22H,25H2,1-2H3;3H2,1-2H3/b22-14?,23-21+;. The molecule has 0 aliphatic heterocycles. The molecule has 3 aromatic rings. The summed E-state index contributed by atoms with van der Waals surface area (Å²) in [5, 5.41) is 10.3. The molecular formula is C24H30N3P. The van der Waals surface area contributed by atoms with Gasteiger partial charge in [0.05, 0.1) is 12.0 Å². The molecule has 0 spiro atoms. The molecule has 0 aromatic heterocycles. The molecule has 0 heterocycles. The Balaban J connectivity index is 0.000000878. The van der Waals surface area contributed by atoms with E-state index < -0.39 is 0 Å². The van der Waals surface area contributed by atoms with Gasteiger partial charge in [0.15, 0.2) is 0 Å². The first-order valence-electron chi connectivity index (χ1n) is 9.73. The zero-order valence-electron chi connectivity index (χ0n) is 17.2. The highest BCUT2D eigenvalue weighted by Crippen LogP contribution is 2.29. The van der Waals surface area contributed by atoms with Gasteiger partial charge in [0.1, 0.15) is 5.84 Å². The number of nitrogens with one attached hydrogen (secondary N) is 1. The maximum absolute atomic E-state index is 8.04. The van der Waals surface area contributed by atoms with Gasteiger partial charge in [0, 0.05) is 10.9 Å². The minimum Gasteiger partial charge on any atom is -0.291 e. The molecule has 0 saturated carbocycles. The normalized spacial score (nSPS) is 11.1.